The van der Waals surface area contributed by atoms with Crippen LogP contribution >= 0.6 is 11.3 Å². The van der Waals surface area contributed by atoms with Crippen molar-refractivity contribution >= 4 is 17.4 Å². The molecule has 0 aliphatic rings. The minimum absolute atomic E-state index is 0.400. The Bertz CT molecular complexity index is 1200. The molecule has 33 heavy (non-hydrogen) atoms. The van der Waals surface area contributed by atoms with Crippen molar-refractivity contribution in [2.45, 2.75) is 38.8 Å². The van der Waals surface area contributed by atoms with Gasteiger partial charge in [0.15, 0.2) is 0 Å². The predicted octanol–water partition coefficient (Wildman–Crippen LogP) is 5.41. The van der Waals surface area contributed by atoms with Crippen molar-refractivity contribution in [2.75, 3.05) is 0 Å². The standard InChI is InChI=1S/C25H27N5O2S/c1-25(2,3)32-24(31)29-20(15-19-7-5-6-12-26-19)22-28-16-21(30(22)4)17-8-10-18(11-9-17)23-27-13-14-33-23/h5-14,16,20H,15H2,1-4H3,(H,29,31). The van der Waals surface area contributed by atoms with E-state index in [4.69, 9.17) is 4.74 Å². The zero-order valence-corrected chi connectivity index (χ0v) is 20.0. The first-order valence-corrected chi connectivity index (χ1v) is 11.6. The molecule has 0 spiro atoms. The molecule has 0 saturated carbocycles. The Hall–Kier alpha value is -3.52. The Balaban J connectivity index is 1.61. The van der Waals surface area contributed by atoms with Gasteiger partial charge in [-0.15, -0.1) is 11.3 Å². The van der Waals surface area contributed by atoms with Gasteiger partial charge in [-0.2, -0.15) is 0 Å². The minimum atomic E-state index is -0.592. The molecule has 1 aromatic carbocycles. The van der Waals surface area contributed by atoms with E-state index >= 15 is 0 Å². The maximum Gasteiger partial charge on any atom is 0.408 e. The normalized spacial score (nSPS) is 12.4. The molecule has 0 radical (unpaired) electrons. The van der Waals surface area contributed by atoms with Crippen LogP contribution in [0, 0.1) is 0 Å². The molecule has 170 valence electrons. The summed E-state index contributed by atoms with van der Waals surface area (Å²) >= 11 is 1.61. The average molecular weight is 462 g/mol. The molecule has 0 bridgehead atoms. The van der Waals surface area contributed by atoms with E-state index in [1.807, 2.05) is 62.2 Å². The Labute approximate surface area is 197 Å². The number of pyridine rings is 1. The topological polar surface area (TPSA) is 81.9 Å². The third-order valence-corrected chi connectivity index (χ3v) is 5.85. The number of aromatic nitrogens is 4. The van der Waals surface area contributed by atoms with Gasteiger partial charge in [-0.05, 0) is 38.5 Å². The summed E-state index contributed by atoms with van der Waals surface area (Å²) in [5, 5.41) is 5.94. The molecule has 4 aromatic rings. The number of alkyl carbamates (subject to hydrolysis) is 1. The summed E-state index contributed by atoms with van der Waals surface area (Å²) in [6.07, 6.45) is 5.39. The van der Waals surface area contributed by atoms with Crippen LogP contribution < -0.4 is 5.32 Å². The number of hydrogen-bond acceptors (Lipinski definition) is 6. The molecule has 0 saturated heterocycles. The summed E-state index contributed by atoms with van der Waals surface area (Å²) < 4.78 is 7.50. The molecule has 0 fully saturated rings. The smallest absolute Gasteiger partial charge is 0.408 e. The molecule has 8 heteroatoms. The number of rotatable bonds is 6. The van der Waals surface area contributed by atoms with E-state index in [-0.39, 0.29) is 0 Å². The summed E-state index contributed by atoms with van der Waals surface area (Å²) in [6, 6.07) is 13.6. The van der Waals surface area contributed by atoms with Crippen LogP contribution in [0.3, 0.4) is 0 Å². The Morgan fingerprint density at radius 2 is 1.82 bits per heavy atom. The van der Waals surface area contributed by atoms with E-state index < -0.39 is 17.7 Å². The highest BCUT2D eigenvalue weighted by Gasteiger charge is 2.25. The van der Waals surface area contributed by atoms with Crippen LogP contribution in [0.15, 0.2) is 66.4 Å². The van der Waals surface area contributed by atoms with Crippen molar-refractivity contribution in [2.24, 2.45) is 7.05 Å². The summed E-state index contributed by atoms with van der Waals surface area (Å²) in [5.41, 5.74) is 3.33. The molecule has 7 nitrogen and oxygen atoms in total. The second kappa shape index (κ2) is 9.54. The molecule has 1 N–H and O–H groups in total. The SMILES string of the molecule is Cn1c(-c2ccc(-c3nccs3)cc2)cnc1C(Cc1ccccn1)NC(=O)OC(C)(C)C. The van der Waals surface area contributed by atoms with E-state index in [9.17, 15) is 4.79 Å². The third kappa shape index (κ3) is 5.64. The lowest BCUT2D eigenvalue weighted by molar-refractivity contribution is 0.0500. The lowest BCUT2D eigenvalue weighted by Crippen LogP contribution is -2.36. The first kappa shape index (κ1) is 22.7. The van der Waals surface area contributed by atoms with Gasteiger partial charge in [0.1, 0.15) is 16.4 Å². The lowest BCUT2D eigenvalue weighted by atomic mass is 10.1. The van der Waals surface area contributed by atoms with Crippen LogP contribution in [0.25, 0.3) is 21.8 Å². The number of carbonyl (C=O) groups is 1. The molecule has 1 amide bonds. The van der Waals surface area contributed by atoms with Gasteiger partial charge in [-0.25, -0.2) is 14.8 Å². The van der Waals surface area contributed by atoms with Gasteiger partial charge in [-0.3, -0.25) is 4.98 Å². The maximum atomic E-state index is 12.6. The van der Waals surface area contributed by atoms with Crippen LogP contribution in [0.1, 0.15) is 38.3 Å². The van der Waals surface area contributed by atoms with E-state index in [1.54, 1.807) is 23.7 Å². The fourth-order valence-corrected chi connectivity index (χ4v) is 4.19. The largest absolute Gasteiger partial charge is 0.444 e. The molecular weight excluding hydrogens is 434 g/mol. The summed E-state index contributed by atoms with van der Waals surface area (Å²) in [4.78, 5) is 26.0. The van der Waals surface area contributed by atoms with Crippen LogP contribution in [-0.4, -0.2) is 31.2 Å². The van der Waals surface area contributed by atoms with Crippen LogP contribution in [0.5, 0.6) is 0 Å². The first-order chi connectivity index (χ1) is 15.8. The molecule has 3 aromatic heterocycles. The quantitative estimate of drug-likeness (QED) is 0.415. The molecule has 1 unspecified atom stereocenters. The molecule has 4 rings (SSSR count). The number of imidazole rings is 1. The van der Waals surface area contributed by atoms with Crippen molar-refractivity contribution in [1.82, 2.24) is 24.8 Å². The number of amides is 1. The first-order valence-electron chi connectivity index (χ1n) is 10.7. The third-order valence-electron chi connectivity index (χ3n) is 5.03. The van der Waals surface area contributed by atoms with Gasteiger partial charge in [0.05, 0.1) is 17.9 Å². The van der Waals surface area contributed by atoms with Gasteiger partial charge in [0.25, 0.3) is 0 Å². The fraction of sp³-hybridized carbons (Fsp3) is 0.280. The van der Waals surface area contributed by atoms with E-state index in [2.05, 4.69) is 44.5 Å². The van der Waals surface area contributed by atoms with E-state index in [0.29, 0.717) is 6.42 Å². The van der Waals surface area contributed by atoms with Crippen molar-refractivity contribution in [3.05, 3.63) is 78.0 Å². The number of hydrogen-bond donors (Lipinski definition) is 1. The van der Waals surface area contributed by atoms with Crippen molar-refractivity contribution in [3.8, 4) is 21.8 Å². The second-order valence-electron chi connectivity index (χ2n) is 8.70. The summed E-state index contributed by atoms with van der Waals surface area (Å²) in [6.45, 7) is 5.53. The number of benzene rings is 1. The predicted molar refractivity (Wildman–Crippen MR) is 130 cm³/mol. The molecule has 0 aliphatic heterocycles. The molecule has 0 aliphatic carbocycles. The number of nitrogens with zero attached hydrogens (tertiary/aromatic N) is 4. The zero-order valence-electron chi connectivity index (χ0n) is 19.1. The zero-order chi connectivity index (χ0) is 23.4. The minimum Gasteiger partial charge on any atom is -0.444 e. The number of ether oxygens (including phenoxy) is 1. The Morgan fingerprint density at radius 3 is 2.45 bits per heavy atom. The van der Waals surface area contributed by atoms with Gasteiger partial charge in [-0.1, -0.05) is 30.3 Å². The maximum absolute atomic E-state index is 12.6. The van der Waals surface area contributed by atoms with Crippen LogP contribution in [0.2, 0.25) is 0 Å². The van der Waals surface area contributed by atoms with Gasteiger partial charge in [0, 0.05) is 42.5 Å². The number of carbonyl (C=O) groups excluding carboxylic acids is 1. The number of thiazole rings is 1. The summed E-state index contributed by atoms with van der Waals surface area (Å²) in [7, 11) is 1.95. The lowest BCUT2D eigenvalue weighted by Gasteiger charge is -2.23. The Kier molecular flexibility index (Phi) is 6.55. The van der Waals surface area contributed by atoms with E-state index in [0.717, 1.165) is 33.3 Å². The molecule has 1 atom stereocenters. The highest BCUT2D eigenvalue weighted by atomic mass is 32.1. The monoisotopic (exact) mass is 461 g/mol. The highest BCUT2D eigenvalue weighted by molar-refractivity contribution is 7.13. The van der Waals surface area contributed by atoms with E-state index in [1.165, 1.54) is 0 Å². The van der Waals surface area contributed by atoms with Gasteiger partial charge >= 0.3 is 6.09 Å². The van der Waals surface area contributed by atoms with Gasteiger partial charge < -0.3 is 14.6 Å². The second-order valence-corrected chi connectivity index (χ2v) is 9.59. The van der Waals surface area contributed by atoms with Crippen LogP contribution in [0.4, 0.5) is 4.79 Å². The van der Waals surface area contributed by atoms with Crippen LogP contribution in [-0.2, 0) is 18.2 Å². The van der Waals surface area contributed by atoms with Gasteiger partial charge in [0.2, 0.25) is 0 Å². The van der Waals surface area contributed by atoms with Crippen molar-refractivity contribution in [3.63, 3.8) is 0 Å². The highest BCUT2D eigenvalue weighted by Crippen LogP contribution is 2.28. The number of nitrogens with one attached hydrogen (secondary N) is 1. The molecular formula is C25H27N5O2S. The average Bonchev–Trinajstić information content (AvgIpc) is 3.43. The van der Waals surface area contributed by atoms with Crippen molar-refractivity contribution < 1.29 is 9.53 Å². The van der Waals surface area contributed by atoms with Crippen molar-refractivity contribution in [1.29, 1.82) is 0 Å². The molecule has 3 heterocycles. The Morgan fingerprint density at radius 1 is 1.06 bits per heavy atom. The fourth-order valence-electron chi connectivity index (χ4n) is 3.55. The summed E-state index contributed by atoms with van der Waals surface area (Å²) in [5.74, 6) is 0.727.